The summed E-state index contributed by atoms with van der Waals surface area (Å²) in [5, 5.41) is 9.27. The average Bonchev–Trinajstić information content (AvgIpc) is 2.67. The molecule has 3 aromatic rings. The van der Waals surface area contributed by atoms with Crippen LogP contribution in [0.5, 0.6) is 11.5 Å². The minimum absolute atomic E-state index is 0.301. The van der Waals surface area contributed by atoms with Gasteiger partial charge >= 0.3 is 0 Å². The smallest absolute Gasteiger partial charge is 0.119 e. The SMILES string of the molecule is Oc1ccc(CCCOc2ccc(N=Cc3ccccc3)cc2)cc1. The van der Waals surface area contributed by atoms with E-state index in [0.717, 1.165) is 29.8 Å². The molecular weight excluding hydrogens is 310 g/mol. The van der Waals surface area contributed by atoms with Crippen LogP contribution in [0.1, 0.15) is 17.5 Å². The fraction of sp³-hybridized carbons (Fsp3) is 0.136. The van der Waals surface area contributed by atoms with E-state index in [1.54, 1.807) is 12.1 Å². The second kappa shape index (κ2) is 8.69. The van der Waals surface area contributed by atoms with Crippen LogP contribution in [0.3, 0.4) is 0 Å². The number of aromatic hydroxyl groups is 1. The van der Waals surface area contributed by atoms with Crippen LogP contribution in [-0.4, -0.2) is 17.9 Å². The van der Waals surface area contributed by atoms with Crippen LogP contribution in [-0.2, 0) is 6.42 Å². The highest BCUT2D eigenvalue weighted by molar-refractivity contribution is 5.81. The highest BCUT2D eigenvalue weighted by atomic mass is 16.5. The lowest BCUT2D eigenvalue weighted by molar-refractivity contribution is 0.311. The van der Waals surface area contributed by atoms with Crippen LogP contribution < -0.4 is 4.74 Å². The lowest BCUT2D eigenvalue weighted by Crippen LogP contribution is -1.99. The van der Waals surface area contributed by atoms with Gasteiger partial charge in [0.2, 0.25) is 0 Å². The van der Waals surface area contributed by atoms with Gasteiger partial charge in [0.15, 0.2) is 0 Å². The van der Waals surface area contributed by atoms with Crippen molar-refractivity contribution in [3.05, 3.63) is 90.0 Å². The largest absolute Gasteiger partial charge is 0.508 e. The molecule has 3 rings (SSSR count). The first kappa shape index (κ1) is 16.8. The molecule has 25 heavy (non-hydrogen) atoms. The average molecular weight is 331 g/mol. The molecule has 0 atom stereocenters. The molecule has 0 aliphatic carbocycles. The highest BCUT2D eigenvalue weighted by Crippen LogP contribution is 2.18. The van der Waals surface area contributed by atoms with Gasteiger partial charge in [-0.05, 0) is 60.4 Å². The van der Waals surface area contributed by atoms with E-state index in [4.69, 9.17) is 4.74 Å². The number of hydrogen-bond donors (Lipinski definition) is 1. The number of ether oxygens (including phenoxy) is 1. The maximum absolute atomic E-state index is 9.27. The van der Waals surface area contributed by atoms with Gasteiger partial charge in [0.05, 0.1) is 12.3 Å². The molecule has 0 aliphatic rings. The Hall–Kier alpha value is -3.07. The number of benzene rings is 3. The van der Waals surface area contributed by atoms with Crippen molar-refractivity contribution in [1.82, 2.24) is 0 Å². The Morgan fingerprint density at radius 3 is 2.28 bits per heavy atom. The quantitative estimate of drug-likeness (QED) is 0.480. The summed E-state index contributed by atoms with van der Waals surface area (Å²) in [4.78, 5) is 4.46. The van der Waals surface area contributed by atoms with Crippen molar-refractivity contribution in [2.75, 3.05) is 6.61 Å². The summed E-state index contributed by atoms with van der Waals surface area (Å²) in [6.45, 7) is 0.660. The summed E-state index contributed by atoms with van der Waals surface area (Å²) in [5.74, 6) is 1.15. The summed E-state index contributed by atoms with van der Waals surface area (Å²) in [5.41, 5.74) is 3.18. The molecule has 3 heteroatoms. The van der Waals surface area contributed by atoms with Crippen molar-refractivity contribution in [3.63, 3.8) is 0 Å². The standard InChI is InChI=1S/C22H21NO2/c24-21-12-8-18(9-13-21)7-4-16-25-22-14-10-20(11-15-22)23-17-19-5-2-1-3-6-19/h1-3,5-6,8-15,17,24H,4,7,16H2. The van der Waals surface area contributed by atoms with Crippen molar-refractivity contribution < 1.29 is 9.84 Å². The topological polar surface area (TPSA) is 41.8 Å². The maximum atomic E-state index is 9.27. The molecule has 0 bridgehead atoms. The Morgan fingerprint density at radius 1 is 0.840 bits per heavy atom. The summed E-state index contributed by atoms with van der Waals surface area (Å²) >= 11 is 0. The van der Waals surface area contributed by atoms with E-state index >= 15 is 0 Å². The molecule has 126 valence electrons. The highest BCUT2D eigenvalue weighted by Gasteiger charge is 1.97. The van der Waals surface area contributed by atoms with Gasteiger partial charge in [-0.2, -0.15) is 0 Å². The molecule has 0 fully saturated rings. The molecule has 1 N–H and O–H groups in total. The van der Waals surface area contributed by atoms with Crippen molar-refractivity contribution in [3.8, 4) is 11.5 Å². The van der Waals surface area contributed by atoms with E-state index in [9.17, 15) is 5.11 Å². The third kappa shape index (κ3) is 5.50. The number of rotatable bonds is 7. The molecule has 0 aromatic heterocycles. The Labute approximate surface area is 148 Å². The van der Waals surface area contributed by atoms with Crippen LogP contribution >= 0.6 is 0 Å². The van der Waals surface area contributed by atoms with Crippen molar-refractivity contribution in [2.24, 2.45) is 4.99 Å². The van der Waals surface area contributed by atoms with Gasteiger partial charge in [-0.15, -0.1) is 0 Å². The van der Waals surface area contributed by atoms with E-state index in [2.05, 4.69) is 4.99 Å². The first-order chi connectivity index (χ1) is 12.3. The molecule has 0 spiro atoms. The van der Waals surface area contributed by atoms with E-state index in [1.807, 2.05) is 72.9 Å². The molecule has 0 unspecified atom stereocenters. The van der Waals surface area contributed by atoms with Crippen LogP contribution in [0.15, 0.2) is 83.9 Å². The lowest BCUT2D eigenvalue weighted by Gasteiger charge is -2.06. The van der Waals surface area contributed by atoms with Crippen molar-refractivity contribution >= 4 is 11.9 Å². The molecule has 3 nitrogen and oxygen atoms in total. The van der Waals surface area contributed by atoms with E-state index in [0.29, 0.717) is 12.4 Å². The van der Waals surface area contributed by atoms with E-state index < -0.39 is 0 Å². The minimum Gasteiger partial charge on any atom is -0.508 e. The van der Waals surface area contributed by atoms with Crippen molar-refractivity contribution in [1.29, 1.82) is 0 Å². The Morgan fingerprint density at radius 2 is 1.56 bits per heavy atom. The zero-order valence-corrected chi connectivity index (χ0v) is 14.0. The number of aliphatic imine (C=N–C) groups is 1. The monoisotopic (exact) mass is 331 g/mol. The molecular formula is C22H21NO2. The Balaban J connectivity index is 1.44. The summed E-state index contributed by atoms with van der Waals surface area (Å²) < 4.78 is 5.77. The van der Waals surface area contributed by atoms with E-state index in [1.165, 1.54) is 5.56 Å². The predicted octanol–water partition coefficient (Wildman–Crippen LogP) is 5.15. The van der Waals surface area contributed by atoms with Crippen LogP contribution in [0.4, 0.5) is 5.69 Å². The fourth-order valence-electron chi connectivity index (χ4n) is 2.45. The van der Waals surface area contributed by atoms with Crippen LogP contribution in [0, 0.1) is 0 Å². The van der Waals surface area contributed by atoms with Gasteiger partial charge < -0.3 is 9.84 Å². The Bertz CT molecular complexity index is 794. The van der Waals surface area contributed by atoms with Gasteiger partial charge in [0.1, 0.15) is 11.5 Å². The third-order valence-electron chi connectivity index (χ3n) is 3.81. The predicted molar refractivity (Wildman–Crippen MR) is 102 cm³/mol. The summed E-state index contributed by atoms with van der Waals surface area (Å²) in [6, 6.07) is 25.1. The van der Waals surface area contributed by atoms with Gasteiger partial charge in [0.25, 0.3) is 0 Å². The lowest BCUT2D eigenvalue weighted by atomic mass is 10.1. The number of nitrogens with zero attached hydrogens (tertiary/aromatic N) is 1. The first-order valence-corrected chi connectivity index (χ1v) is 8.39. The minimum atomic E-state index is 0.301. The molecule has 0 saturated carbocycles. The van der Waals surface area contributed by atoms with Gasteiger partial charge in [-0.25, -0.2) is 0 Å². The number of phenolic OH excluding ortho intramolecular Hbond substituents is 1. The van der Waals surface area contributed by atoms with Crippen molar-refractivity contribution in [2.45, 2.75) is 12.8 Å². The molecule has 0 saturated heterocycles. The molecule has 0 radical (unpaired) electrons. The third-order valence-corrected chi connectivity index (χ3v) is 3.81. The number of phenols is 1. The van der Waals surface area contributed by atoms with E-state index in [-0.39, 0.29) is 0 Å². The number of aryl methyl sites for hydroxylation is 1. The zero-order chi connectivity index (χ0) is 17.3. The maximum Gasteiger partial charge on any atom is 0.119 e. The Kier molecular flexibility index (Phi) is 5.83. The zero-order valence-electron chi connectivity index (χ0n) is 14.0. The fourth-order valence-corrected chi connectivity index (χ4v) is 2.45. The molecule has 3 aromatic carbocycles. The van der Waals surface area contributed by atoms with Gasteiger partial charge in [-0.1, -0.05) is 42.5 Å². The first-order valence-electron chi connectivity index (χ1n) is 8.39. The normalized spacial score (nSPS) is 10.9. The summed E-state index contributed by atoms with van der Waals surface area (Å²) in [7, 11) is 0. The van der Waals surface area contributed by atoms with Gasteiger partial charge in [0, 0.05) is 6.21 Å². The second-order valence-corrected chi connectivity index (χ2v) is 5.78. The number of hydrogen-bond acceptors (Lipinski definition) is 3. The van der Waals surface area contributed by atoms with Crippen LogP contribution in [0.25, 0.3) is 0 Å². The second-order valence-electron chi connectivity index (χ2n) is 5.78. The molecule has 0 aliphatic heterocycles. The van der Waals surface area contributed by atoms with Gasteiger partial charge in [-0.3, -0.25) is 4.99 Å². The summed E-state index contributed by atoms with van der Waals surface area (Å²) in [6.07, 6.45) is 3.71. The molecule has 0 heterocycles. The molecule has 0 amide bonds. The van der Waals surface area contributed by atoms with Crippen LogP contribution in [0.2, 0.25) is 0 Å².